The smallest absolute Gasteiger partial charge is 0.258 e. The van der Waals surface area contributed by atoms with E-state index in [2.05, 4.69) is 5.10 Å². The van der Waals surface area contributed by atoms with Crippen molar-refractivity contribution in [3.05, 3.63) is 84.4 Å². The fourth-order valence-corrected chi connectivity index (χ4v) is 4.39. The Morgan fingerprint density at radius 3 is 2.09 bits per heavy atom. The van der Waals surface area contributed by atoms with E-state index in [1.54, 1.807) is 66.7 Å². The van der Waals surface area contributed by atoms with E-state index in [-0.39, 0.29) is 4.90 Å². The summed E-state index contributed by atoms with van der Waals surface area (Å²) in [6, 6.07) is 20.1. The third-order valence-electron chi connectivity index (χ3n) is 5.54. The first-order valence-corrected chi connectivity index (χ1v) is 12.0. The normalized spacial score (nSPS) is 17.1. The van der Waals surface area contributed by atoms with Crippen LogP contribution in [-0.2, 0) is 9.84 Å². The lowest BCUT2D eigenvalue weighted by molar-refractivity contribution is -0.249. The van der Waals surface area contributed by atoms with E-state index in [9.17, 15) is 30.4 Å². The van der Waals surface area contributed by atoms with Crippen molar-refractivity contribution in [3.63, 3.8) is 0 Å². The summed E-state index contributed by atoms with van der Waals surface area (Å²) < 4.78 is 90.9. The fraction of sp³-hybridized carbons (Fsp3) is 0.208. The lowest BCUT2D eigenvalue weighted by Gasteiger charge is -2.24. The van der Waals surface area contributed by atoms with Gasteiger partial charge in [0.2, 0.25) is 0 Å². The van der Waals surface area contributed by atoms with Crippen LogP contribution in [0.3, 0.4) is 0 Å². The summed E-state index contributed by atoms with van der Waals surface area (Å²) in [6.07, 6.45) is -5.28. The minimum atomic E-state index is -5.76. The average Bonchev–Trinajstić information content (AvgIpc) is 3.25. The van der Waals surface area contributed by atoms with Crippen molar-refractivity contribution in [2.75, 3.05) is 11.3 Å². The molecule has 1 aliphatic heterocycles. The first kappa shape index (κ1) is 23.9. The van der Waals surface area contributed by atoms with Gasteiger partial charge in [-0.3, -0.25) is 5.01 Å². The van der Waals surface area contributed by atoms with Crippen LogP contribution in [0.2, 0.25) is 0 Å². The molecule has 0 saturated carbocycles. The number of alkyl halides is 5. The molecule has 3 aromatic rings. The largest absolute Gasteiger partial charge is 0.459 e. The standard InChI is InChI=1S/C24H19F5N2O2S/c1-34(32,33)20-12-10-16(11-13-20)17-6-5-7-18(14-17)21-15-22(23(25,26)24(27,28)29)30-31(21)19-8-3-2-4-9-19/h2-14,21H,15H2,1H3. The number of halogens is 5. The molecular formula is C24H19F5N2O2S. The van der Waals surface area contributed by atoms with Crippen LogP contribution in [-0.4, -0.2) is 32.5 Å². The van der Waals surface area contributed by atoms with Gasteiger partial charge in [0.05, 0.1) is 16.6 Å². The molecule has 3 aromatic carbocycles. The van der Waals surface area contributed by atoms with E-state index in [0.29, 0.717) is 22.4 Å². The molecule has 34 heavy (non-hydrogen) atoms. The SMILES string of the molecule is CS(=O)(=O)c1ccc(-c2cccc(C3CC(C(F)(F)C(F)(F)F)=NN3c3ccccc3)c2)cc1. The van der Waals surface area contributed by atoms with Crippen LogP contribution in [0.5, 0.6) is 0 Å². The molecule has 1 unspecified atom stereocenters. The first-order chi connectivity index (χ1) is 15.9. The molecule has 1 aliphatic rings. The Bertz CT molecular complexity index is 1320. The van der Waals surface area contributed by atoms with Crippen molar-refractivity contribution >= 4 is 21.2 Å². The maximum Gasteiger partial charge on any atom is 0.459 e. The van der Waals surface area contributed by atoms with E-state index in [1.807, 2.05) is 0 Å². The number of benzene rings is 3. The van der Waals surface area contributed by atoms with E-state index in [4.69, 9.17) is 0 Å². The lowest BCUT2D eigenvalue weighted by Crippen LogP contribution is -2.43. The molecule has 0 spiro atoms. The summed E-state index contributed by atoms with van der Waals surface area (Å²) in [4.78, 5) is 0.144. The molecule has 1 atom stereocenters. The van der Waals surface area contributed by atoms with Gasteiger partial charge in [-0.1, -0.05) is 48.5 Å². The van der Waals surface area contributed by atoms with Gasteiger partial charge in [0, 0.05) is 12.7 Å². The molecular weight excluding hydrogens is 475 g/mol. The van der Waals surface area contributed by atoms with Gasteiger partial charge in [-0.05, 0) is 47.0 Å². The van der Waals surface area contributed by atoms with Gasteiger partial charge in [0.25, 0.3) is 0 Å². The lowest BCUT2D eigenvalue weighted by atomic mass is 9.95. The van der Waals surface area contributed by atoms with Crippen molar-refractivity contribution in [1.29, 1.82) is 0 Å². The van der Waals surface area contributed by atoms with Crippen molar-refractivity contribution in [2.24, 2.45) is 5.10 Å². The van der Waals surface area contributed by atoms with Crippen LogP contribution in [0.25, 0.3) is 11.1 Å². The Morgan fingerprint density at radius 1 is 0.853 bits per heavy atom. The van der Waals surface area contributed by atoms with Crippen LogP contribution >= 0.6 is 0 Å². The number of anilines is 1. The second-order valence-electron chi connectivity index (χ2n) is 7.94. The second kappa shape index (κ2) is 8.50. The highest BCUT2D eigenvalue weighted by atomic mass is 32.2. The number of hydrogen-bond acceptors (Lipinski definition) is 4. The van der Waals surface area contributed by atoms with Gasteiger partial charge in [-0.2, -0.15) is 27.1 Å². The van der Waals surface area contributed by atoms with Gasteiger partial charge in [-0.25, -0.2) is 8.42 Å². The third-order valence-corrected chi connectivity index (χ3v) is 6.67. The molecule has 0 radical (unpaired) electrons. The summed E-state index contributed by atoms with van der Waals surface area (Å²) in [5.74, 6) is -5.06. The Morgan fingerprint density at radius 2 is 1.50 bits per heavy atom. The topological polar surface area (TPSA) is 49.7 Å². The molecule has 178 valence electrons. The van der Waals surface area contributed by atoms with Crippen molar-refractivity contribution in [1.82, 2.24) is 0 Å². The predicted molar refractivity (Wildman–Crippen MR) is 120 cm³/mol. The molecule has 4 nitrogen and oxygen atoms in total. The molecule has 1 heterocycles. The molecule has 0 amide bonds. The predicted octanol–water partition coefficient (Wildman–Crippen LogP) is 6.26. The van der Waals surface area contributed by atoms with Crippen molar-refractivity contribution in [2.45, 2.75) is 29.5 Å². The average molecular weight is 494 g/mol. The zero-order valence-electron chi connectivity index (χ0n) is 17.8. The summed E-state index contributed by atoms with van der Waals surface area (Å²) in [7, 11) is -3.38. The highest BCUT2D eigenvalue weighted by molar-refractivity contribution is 7.90. The van der Waals surface area contributed by atoms with Gasteiger partial charge < -0.3 is 0 Å². The number of rotatable bonds is 5. The van der Waals surface area contributed by atoms with E-state index in [0.717, 1.165) is 6.26 Å². The maximum atomic E-state index is 14.2. The highest BCUT2D eigenvalue weighted by Crippen LogP contribution is 2.44. The minimum Gasteiger partial charge on any atom is -0.258 e. The van der Waals surface area contributed by atoms with E-state index >= 15 is 0 Å². The van der Waals surface area contributed by atoms with Crippen LogP contribution in [0, 0.1) is 0 Å². The van der Waals surface area contributed by atoms with Crippen molar-refractivity contribution in [3.8, 4) is 11.1 Å². The van der Waals surface area contributed by atoms with Gasteiger partial charge in [0.15, 0.2) is 9.84 Å². The van der Waals surface area contributed by atoms with Crippen LogP contribution in [0.4, 0.5) is 27.6 Å². The van der Waals surface area contributed by atoms with Gasteiger partial charge >= 0.3 is 12.1 Å². The summed E-state index contributed by atoms with van der Waals surface area (Å²) in [5.41, 5.74) is 0.937. The molecule has 10 heteroatoms. The van der Waals surface area contributed by atoms with Gasteiger partial charge in [0.1, 0.15) is 5.71 Å². The third kappa shape index (κ3) is 4.54. The molecule has 0 fully saturated rings. The molecule has 0 aromatic heterocycles. The highest BCUT2D eigenvalue weighted by Gasteiger charge is 2.62. The second-order valence-corrected chi connectivity index (χ2v) is 9.96. The van der Waals surface area contributed by atoms with Crippen LogP contribution in [0.1, 0.15) is 18.0 Å². The minimum absolute atomic E-state index is 0.144. The number of nitrogens with zero attached hydrogens (tertiary/aromatic N) is 2. The molecule has 0 saturated heterocycles. The van der Waals surface area contributed by atoms with Crippen LogP contribution in [0.15, 0.2) is 88.9 Å². The number of hydrogen-bond donors (Lipinski definition) is 0. The molecule has 0 aliphatic carbocycles. The summed E-state index contributed by atoms with van der Waals surface area (Å²) >= 11 is 0. The maximum absolute atomic E-state index is 14.2. The Hall–Kier alpha value is -3.27. The zero-order chi connectivity index (χ0) is 24.7. The van der Waals surface area contributed by atoms with E-state index < -0.39 is 40.1 Å². The van der Waals surface area contributed by atoms with E-state index in [1.165, 1.54) is 17.1 Å². The number of para-hydroxylation sites is 1. The summed E-state index contributed by atoms with van der Waals surface area (Å²) in [5, 5.41) is 4.89. The fourth-order valence-electron chi connectivity index (χ4n) is 3.76. The zero-order valence-corrected chi connectivity index (χ0v) is 18.6. The van der Waals surface area contributed by atoms with Crippen molar-refractivity contribution < 1.29 is 30.4 Å². The first-order valence-electron chi connectivity index (χ1n) is 10.1. The quantitative estimate of drug-likeness (QED) is 0.394. The Balaban J connectivity index is 1.73. The van der Waals surface area contributed by atoms with Crippen LogP contribution < -0.4 is 5.01 Å². The molecule has 4 rings (SSSR count). The molecule has 0 N–H and O–H groups in total. The number of hydrazone groups is 1. The summed E-state index contributed by atoms with van der Waals surface area (Å²) in [6.45, 7) is 0. The monoisotopic (exact) mass is 494 g/mol. The van der Waals surface area contributed by atoms with Gasteiger partial charge in [-0.15, -0.1) is 0 Å². The Kier molecular flexibility index (Phi) is 5.97. The number of sulfone groups is 1. The molecule has 0 bridgehead atoms. The Labute approximate surface area is 193 Å².